The molecule has 2 aromatic rings. The minimum absolute atomic E-state index is 0.162. The fourth-order valence-electron chi connectivity index (χ4n) is 2.01. The summed E-state index contributed by atoms with van der Waals surface area (Å²) in [6.07, 6.45) is 0. The third-order valence-corrected chi connectivity index (χ3v) is 3.22. The highest BCUT2D eigenvalue weighted by atomic mass is 16.5. The highest BCUT2D eigenvalue weighted by Crippen LogP contribution is 2.22. The second kappa shape index (κ2) is 6.17. The van der Waals surface area contributed by atoms with E-state index in [4.69, 9.17) is 10.5 Å². The quantitative estimate of drug-likeness (QED) is 0.754. The van der Waals surface area contributed by atoms with Gasteiger partial charge in [-0.15, -0.1) is 0 Å². The fourth-order valence-corrected chi connectivity index (χ4v) is 2.01. The number of anilines is 1. The van der Waals surface area contributed by atoms with Crippen LogP contribution in [0, 0.1) is 0 Å². The zero-order chi connectivity index (χ0) is 15.4. The molecule has 0 fully saturated rings. The summed E-state index contributed by atoms with van der Waals surface area (Å²) < 4.78 is 5.10. The SMILES string of the molecule is COc1ccc(N)c(C(=O)NC(C)c2cccc(O)c2)c1. The average Bonchev–Trinajstić information content (AvgIpc) is 2.47. The Morgan fingerprint density at radius 2 is 2.05 bits per heavy atom. The van der Waals surface area contributed by atoms with Gasteiger partial charge in [-0.1, -0.05) is 12.1 Å². The van der Waals surface area contributed by atoms with Crippen LogP contribution in [-0.4, -0.2) is 18.1 Å². The minimum atomic E-state index is -0.290. The summed E-state index contributed by atoms with van der Waals surface area (Å²) in [4.78, 5) is 12.3. The molecule has 0 saturated heterocycles. The van der Waals surface area contributed by atoms with E-state index in [2.05, 4.69) is 5.32 Å². The number of aromatic hydroxyl groups is 1. The monoisotopic (exact) mass is 286 g/mol. The Bertz CT molecular complexity index is 656. The molecule has 0 aliphatic rings. The number of nitrogens with one attached hydrogen (secondary N) is 1. The van der Waals surface area contributed by atoms with Crippen molar-refractivity contribution < 1.29 is 14.6 Å². The molecule has 5 nitrogen and oxygen atoms in total. The summed E-state index contributed by atoms with van der Waals surface area (Å²) in [5, 5.41) is 12.3. The second-order valence-electron chi connectivity index (χ2n) is 4.74. The highest BCUT2D eigenvalue weighted by Gasteiger charge is 2.15. The smallest absolute Gasteiger partial charge is 0.253 e. The van der Waals surface area contributed by atoms with Crippen molar-refractivity contribution in [3.8, 4) is 11.5 Å². The van der Waals surface area contributed by atoms with Crippen LogP contribution >= 0.6 is 0 Å². The highest BCUT2D eigenvalue weighted by molar-refractivity contribution is 5.99. The van der Waals surface area contributed by atoms with Crippen LogP contribution < -0.4 is 15.8 Å². The number of hydrogen-bond acceptors (Lipinski definition) is 4. The lowest BCUT2D eigenvalue weighted by atomic mass is 10.1. The molecule has 5 heteroatoms. The first kappa shape index (κ1) is 14.7. The lowest BCUT2D eigenvalue weighted by Crippen LogP contribution is -2.27. The number of methoxy groups -OCH3 is 1. The molecule has 0 bridgehead atoms. The summed E-state index contributed by atoms with van der Waals surface area (Å²) in [7, 11) is 1.53. The van der Waals surface area contributed by atoms with Gasteiger partial charge in [-0.2, -0.15) is 0 Å². The van der Waals surface area contributed by atoms with E-state index in [9.17, 15) is 9.90 Å². The van der Waals surface area contributed by atoms with Gasteiger partial charge in [0.05, 0.1) is 18.7 Å². The molecular weight excluding hydrogens is 268 g/mol. The maximum Gasteiger partial charge on any atom is 0.253 e. The van der Waals surface area contributed by atoms with E-state index >= 15 is 0 Å². The fraction of sp³-hybridized carbons (Fsp3) is 0.188. The summed E-state index contributed by atoms with van der Waals surface area (Å²) in [6.45, 7) is 1.84. The first-order valence-electron chi connectivity index (χ1n) is 6.54. The number of phenolic OH excluding ortho intramolecular Hbond substituents is 1. The van der Waals surface area contributed by atoms with Crippen molar-refractivity contribution in [1.29, 1.82) is 0 Å². The van der Waals surface area contributed by atoms with E-state index in [0.717, 1.165) is 5.56 Å². The van der Waals surface area contributed by atoms with Gasteiger partial charge >= 0.3 is 0 Å². The molecule has 0 aliphatic heterocycles. The molecule has 0 saturated carbocycles. The second-order valence-corrected chi connectivity index (χ2v) is 4.74. The zero-order valence-electron chi connectivity index (χ0n) is 12.0. The molecule has 0 aliphatic carbocycles. The van der Waals surface area contributed by atoms with Crippen LogP contribution in [0.2, 0.25) is 0 Å². The summed E-state index contributed by atoms with van der Waals surface area (Å²) >= 11 is 0. The maximum absolute atomic E-state index is 12.3. The van der Waals surface area contributed by atoms with Crippen LogP contribution in [0.5, 0.6) is 11.5 Å². The Kier molecular flexibility index (Phi) is 4.33. The van der Waals surface area contributed by atoms with E-state index in [1.54, 1.807) is 36.4 Å². The standard InChI is InChI=1S/C16H18N2O3/c1-10(11-4-3-5-12(19)8-11)18-16(20)14-9-13(21-2)6-7-15(14)17/h3-10,19H,17H2,1-2H3,(H,18,20). The van der Waals surface area contributed by atoms with Crippen LogP contribution in [-0.2, 0) is 0 Å². The Balaban J connectivity index is 2.18. The number of nitrogens with two attached hydrogens (primary N) is 1. The first-order chi connectivity index (χ1) is 10.0. The van der Waals surface area contributed by atoms with Crippen molar-refractivity contribution in [2.24, 2.45) is 0 Å². The first-order valence-corrected chi connectivity index (χ1v) is 6.54. The molecule has 1 atom stereocenters. The number of carbonyl (C=O) groups is 1. The molecule has 0 radical (unpaired) electrons. The van der Waals surface area contributed by atoms with E-state index in [-0.39, 0.29) is 17.7 Å². The Hall–Kier alpha value is -2.69. The van der Waals surface area contributed by atoms with Gasteiger partial charge in [-0.3, -0.25) is 4.79 Å². The van der Waals surface area contributed by atoms with Crippen LogP contribution in [0.25, 0.3) is 0 Å². The van der Waals surface area contributed by atoms with E-state index in [1.165, 1.54) is 7.11 Å². The number of ether oxygens (including phenoxy) is 1. The predicted octanol–water partition coefficient (Wildman–Crippen LogP) is 2.47. The van der Waals surface area contributed by atoms with Gasteiger partial charge < -0.3 is 20.9 Å². The molecule has 110 valence electrons. The molecule has 4 N–H and O–H groups in total. The molecule has 2 aromatic carbocycles. The number of benzene rings is 2. The molecule has 0 aromatic heterocycles. The predicted molar refractivity (Wildman–Crippen MR) is 81.4 cm³/mol. The van der Waals surface area contributed by atoms with Gasteiger partial charge in [0.2, 0.25) is 0 Å². The number of hydrogen-bond donors (Lipinski definition) is 3. The topological polar surface area (TPSA) is 84.6 Å². The van der Waals surface area contributed by atoms with Gasteiger partial charge in [0, 0.05) is 5.69 Å². The Morgan fingerprint density at radius 3 is 2.71 bits per heavy atom. The number of carbonyl (C=O) groups excluding carboxylic acids is 1. The number of amides is 1. The number of nitrogen functional groups attached to an aromatic ring is 1. The Labute approximate surface area is 123 Å². The van der Waals surface area contributed by atoms with Crippen molar-refractivity contribution >= 4 is 11.6 Å². The van der Waals surface area contributed by atoms with Crippen LogP contribution in [0.3, 0.4) is 0 Å². The van der Waals surface area contributed by atoms with Gasteiger partial charge in [-0.25, -0.2) is 0 Å². The van der Waals surface area contributed by atoms with Crippen LogP contribution in [0.15, 0.2) is 42.5 Å². The molecule has 2 rings (SSSR count). The van der Waals surface area contributed by atoms with Crippen LogP contribution in [0.1, 0.15) is 28.9 Å². The van der Waals surface area contributed by atoms with E-state index in [0.29, 0.717) is 17.0 Å². The molecule has 0 spiro atoms. The lowest BCUT2D eigenvalue weighted by Gasteiger charge is -2.16. The van der Waals surface area contributed by atoms with Crippen molar-refractivity contribution in [1.82, 2.24) is 5.32 Å². The molecule has 21 heavy (non-hydrogen) atoms. The third kappa shape index (κ3) is 3.45. The molecular formula is C16H18N2O3. The van der Waals surface area contributed by atoms with Gasteiger partial charge in [-0.05, 0) is 42.8 Å². The van der Waals surface area contributed by atoms with Crippen molar-refractivity contribution in [2.45, 2.75) is 13.0 Å². The summed E-state index contributed by atoms with van der Waals surface area (Å²) in [5.41, 5.74) is 7.39. The lowest BCUT2D eigenvalue weighted by molar-refractivity contribution is 0.0940. The number of phenols is 1. The summed E-state index contributed by atoms with van der Waals surface area (Å²) in [5.74, 6) is 0.441. The zero-order valence-corrected chi connectivity index (χ0v) is 12.0. The third-order valence-electron chi connectivity index (χ3n) is 3.22. The summed E-state index contributed by atoms with van der Waals surface area (Å²) in [6, 6.07) is 11.4. The average molecular weight is 286 g/mol. The van der Waals surface area contributed by atoms with Crippen molar-refractivity contribution in [2.75, 3.05) is 12.8 Å². The van der Waals surface area contributed by atoms with Gasteiger partial charge in [0.25, 0.3) is 5.91 Å². The minimum Gasteiger partial charge on any atom is -0.508 e. The van der Waals surface area contributed by atoms with Gasteiger partial charge in [0.15, 0.2) is 0 Å². The molecule has 1 amide bonds. The molecule has 0 heterocycles. The number of rotatable bonds is 4. The maximum atomic E-state index is 12.3. The Morgan fingerprint density at radius 1 is 1.29 bits per heavy atom. The van der Waals surface area contributed by atoms with Crippen molar-refractivity contribution in [3.63, 3.8) is 0 Å². The molecule has 1 unspecified atom stereocenters. The van der Waals surface area contributed by atoms with Crippen molar-refractivity contribution in [3.05, 3.63) is 53.6 Å². The normalized spacial score (nSPS) is 11.7. The largest absolute Gasteiger partial charge is 0.508 e. The van der Waals surface area contributed by atoms with E-state index in [1.807, 2.05) is 13.0 Å². The van der Waals surface area contributed by atoms with Gasteiger partial charge in [0.1, 0.15) is 11.5 Å². The van der Waals surface area contributed by atoms with E-state index < -0.39 is 0 Å². The van der Waals surface area contributed by atoms with Crippen LogP contribution in [0.4, 0.5) is 5.69 Å².